The lowest BCUT2D eigenvalue weighted by atomic mass is 10.0. The molecule has 4 heterocycles. The third-order valence-corrected chi connectivity index (χ3v) is 5.61. The van der Waals surface area contributed by atoms with Crippen LogP contribution < -0.4 is 5.73 Å². The molecule has 5 rings (SSSR count). The smallest absolute Gasteiger partial charge is 0.255 e. The minimum Gasteiger partial charge on any atom is -0.372 e. The Hall–Kier alpha value is -3.98. The van der Waals surface area contributed by atoms with Crippen LogP contribution in [0.15, 0.2) is 55.4 Å². The topological polar surface area (TPSA) is 120 Å². The summed E-state index contributed by atoms with van der Waals surface area (Å²) in [6.45, 7) is 5.56. The standard InChI is InChI=1S/C24H23N7O2/c1-24(2)13-31(5-6-33-24)22(32)17-7-16(9-26-10-17)21-19-8-15(3-4-20(19)29-14-30-21)18-11-27-23(25)28-12-18/h3-4,7-12,14H,5-6,13H2,1-2H3,(H2,25,27,28). The van der Waals surface area contributed by atoms with Gasteiger partial charge in [-0.05, 0) is 37.6 Å². The van der Waals surface area contributed by atoms with Crippen LogP contribution in [-0.2, 0) is 4.74 Å². The van der Waals surface area contributed by atoms with E-state index in [1.807, 2.05) is 43.0 Å². The Morgan fingerprint density at radius 2 is 1.82 bits per heavy atom. The zero-order valence-corrected chi connectivity index (χ0v) is 18.4. The first-order chi connectivity index (χ1) is 15.9. The number of hydrogen-bond donors (Lipinski definition) is 1. The van der Waals surface area contributed by atoms with Crippen LogP contribution in [0.4, 0.5) is 5.95 Å². The van der Waals surface area contributed by atoms with Crippen molar-refractivity contribution in [3.63, 3.8) is 0 Å². The van der Waals surface area contributed by atoms with Crippen molar-refractivity contribution >= 4 is 22.8 Å². The number of carbonyl (C=O) groups is 1. The number of carbonyl (C=O) groups excluding carboxylic acids is 1. The number of fused-ring (bicyclic) bond motifs is 1. The van der Waals surface area contributed by atoms with Crippen LogP contribution in [0.25, 0.3) is 33.3 Å². The maximum Gasteiger partial charge on any atom is 0.255 e. The van der Waals surface area contributed by atoms with Crippen molar-refractivity contribution in [3.05, 3.63) is 60.9 Å². The van der Waals surface area contributed by atoms with Gasteiger partial charge in [0.2, 0.25) is 5.95 Å². The Bertz CT molecular complexity index is 1340. The van der Waals surface area contributed by atoms with E-state index in [9.17, 15) is 4.79 Å². The highest BCUT2D eigenvalue weighted by atomic mass is 16.5. The van der Waals surface area contributed by atoms with E-state index in [0.29, 0.717) is 31.0 Å². The zero-order valence-electron chi connectivity index (χ0n) is 18.4. The van der Waals surface area contributed by atoms with E-state index in [2.05, 4.69) is 24.9 Å². The van der Waals surface area contributed by atoms with Crippen LogP contribution >= 0.6 is 0 Å². The lowest BCUT2D eigenvalue weighted by molar-refractivity contribution is -0.0764. The summed E-state index contributed by atoms with van der Waals surface area (Å²) in [7, 11) is 0. The van der Waals surface area contributed by atoms with E-state index in [4.69, 9.17) is 10.5 Å². The van der Waals surface area contributed by atoms with Gasteiger partial charge in [0.1, 0.15) is 6.33 Å². The molecule has 1 aliphatic rings. The van der Waals surface area contributed by atoms with Crippen LogP contribution in [-0.4, -0.2) is 61.0 Å². The molecule has 9 heteroatoms. The number of nitrogens with two attached hydrogens (primary N) is 1. The number of rotatable bonds is 3. The van der Waals surface area contributed by atoms with Gasteiger partial charge >= 0.3 is 0 Å². The molecule has 33 heavy (non-hydrogen) atoms. The van der Waals surface area contributed by atoms with Crippen LogP contribution in [0.3, 0.4) is 0 Å². The largest absolute Gasteiger partial charge is 0.372 e. The monoisotopic (exact) mass is 441 g/mol. The quantitative estimate of drug-likeness (QED) is 0.515. The highest BCUT2D eigenvalue weighted by molar-refractivity contribution is 5.98. The summed E-state index contributed by atoms with van der Waals surface area (Å²) in [6.07, 6.45) is 8.17. The molecule has 0 radical (unpaired) electrons. The molecule has 9 nitrogen and oxygen atoms in total. The van der Waals surface area contributed by atoms with Gasteiger partial charge in [-0.1, -0.05) is 6.07 Å². The number of pyridine rings is 1. The molecule has 1 fully saturated rings. The number of morpholine rings is 1. The third-order valence-electron chi connectivity index (χ3n) is 5.61. The molecule has 0 atom stereocenters. The van der Waals surface area contributed by atoms with E-state index in [-0.39, 0.29) is 17.5 Å². The molecule has 1 aromatic carbocycles. The van der Waals surface area contributed by atoms with Crippen LogP contribution in [0.5, 0.6) is 0 Å². The summed E-state index contributed by atoms with van der Waals surface area (Å²) in [5, 5.41) is 0.839. The maximum atomic E-state index is 13.2. The molecule has 0 bridgehead atoms. The fraction of sp³-hybridized carbons (Fsp3) is 0.250. The predicted molar refractivity (Wildman–Crippen MR) is 124 cm³/mol. The summed E-state index contributed by atoms with van der Waals surface area (Å²) in [5.41, 5.74) is 9.72. The molecular weight excluding hydrogens is 418 g/mol. The Kier molecular flexibility index (Phi) is 5.18. The molecule has 4 aromatic rings. The molecule has 0 aliphatic carbocycles. The minimum atomic E-state index is -0.371. The lowest BCUT2D eigenvalue weighted by Crippen LogP contribution is -2.50. The number of hydrogen-bond acceptors (Lipinski definition) is 8. The summed E-state index contributed by atoms with van der Waals surface area (Å²) in [4.78, 5) is 36.4. The van der Waals surface area contributed by atoms with Crippen molar-refractivity contribution < 1.29 is 9.53 Å². The molecule has 1 saturated heterocycles. The van der Waals surface area contributed by atoms with Gasteiger partial charge in [-0.3, -0.25) is 9.78 Å². The summed E-state index contributed by atoms with van der Waals surface area (Å²) >= 11 is 0. The van der Waals surface area contributed by atoms with Crippen molar-refractivity contribution in [3.8, 4) is 22.4 Å². The molecule has 0 spiro atoms. The van der Waals surface area contributed by atoms with E-state index < -0.39 is 0 Å². The fourth-order valence-electron chi connectivity index (χ4n) is 4.01. The van der Waals surface area contributed by atoms with Crippen molar-refractivity contribution in [1.82, 2.24) is 29.8 Å². The van der Waals surface area contributed by atoms with E-state index in [1.165, 1.54) is 6.33 Å². The molecule has 1 amide bonds. The predicted octanol–water partition coefficient (Wildman–Crippen LogP) is 2.98. The molecular formula is C24H23N7O2. The van der Waals surface area contributed by atoms with Crippen molar-refractivity contribution in [1.29, 1.82) is 0 Å². The summed E-state index contributed by atoms with van der Waals surface area (Å²) < 4.78 is 5.73. The minimum absolute atomic E-state index is 0.0706. The SMILES string of the molecule is CC1(C)CN(C(=O)c2cncc(-c3ncnc4ccc(-c5cnc(N)nc5)cc34)c2)CCO1. The van der Waals surface area contributed by atoms with Gasteiger partial charge in [0.05, 0.1) is 29.0 Å². The van der Waals surface area contributed by atoms with Gasteiger partial charge in [0, 0.05) is 54.4 Å². The Labute approximate surface area is 190 Å². The summed E-state index contributed by atoms with van der Waals surface area (Å²) in [6, 6.07) is 7.69. The van der Waals surface area contributed by atoms with Crippen molar-refractivity contribution in [2.75, 3.05) is 25.4 Å². The van der Waals surface area contributed by atoms with E-state index in [1.54, 1.807) is 24.8 Å². The van der Waals surface area contributed by atoms with Crippen LogP contribution in [0, 0.1) is 0 Å². The van der Waals surface area contributed by atoms with Crippen LogP contribution in [0.2, 0.25) is 0 Å². The highest BCUT2D eigenvalue weighted by Crippen LogP contribution is 2.30. The van der Waals surface area contributed by atoms with Gasteiger partial charge in [-0.2, -0.15) is 0 Å². The third kappa shape index (κ3) is 4.22. The number of ether oxygens (including phenoxy) is 1. The first-order valence-corrected chi connectivity index (χ1v) is 10.6. The number of benzene rings is 1. The molecule has 0 unspecified atom stereocenters. The number of anilines is 1. The molecule has 1 aliphatic heterocycles. The Morgan fingerprint density at radius 3 is 2.61 bits per heavy atom. The zero-order chi connectivity index (χ0) is 23.0. The number of nitrogen functional groups attached to an aromatic ring is 1. The average Bonchev–Trinajstić information content (AvgIpc) is 2.83. The Balaban J connectivity index is 1.53. The van der Waals surface area contributed by atoms with Gasteiger partial charge in [-0.25, -0.2) is 19.9 Å². The second-order valence-corrected chi connectivity index (χ2v) is 8.58. The second-order valence-electron chi connectivity index (χ2n) is 8.58. The van der Waals surface area contributed by atoms with Gasteiger partial charge in [0.25, 0.3) is 5.91 Å². The second kappa shape index (κ2) is 8.18. The maximum absolute atomic E-state index is 13.2. The van der Waals surface area contributed by atoms with Crippen molar-refractivity contribution in [2.24, 2.45) is 0 Å². The van der Waals surface area contributed by atoms with E-state index >= 15 is 0 Å². The lowest BCUT2D eigenvalue weighted by Gasteiger charge is -2.38. The molecule has 2 N–H and O–H groups in total. The number of nitrogens with zero attached hydrogens (tertiary/aromatic N) is 6. The van der Waals surface area contributed by atoms with Gasteiger partial charge in [0.15, 0.2) is 0 Å². The van der Waals surface area contributed by atoms with Gasteiger partial charge in [-0.15, -0.1) is 0 Å². The van der Waals surface area contributed by atoms with Crippen LogP contribution in [0.1, 0.15) is 24.2 Å². The molecule has 166 valence electrons. The Morgan fingerprint density at radius 1 is 1.00 bits per heavy atom. The first-order valence-electron chi connectivity index (χ1n) is 10.6. The molecule has 0 saturated carbocycles. The normalized spacial score (nSPS) is 15.5. The number of aromatic nitrogens is 5. The average molecular weight is 441 g/mol. The fourth-order valence-corrected chi connectivity index (χ4v) is 4.01. The highest BCUT2D eigenvalue weighted by Gasteiger charge is 2.30. The van der Waals surface area contributed by atoms with E-state index in [0.717, 1.165) is 27.6 Å². The number of amides is 1. The molecule has 3 aromatic heterocycles. The van der Waals surface area contributed by atoms with Gasteiger partial charge < -0.3 is 15.4 Å². The van der Waals surface area contributed by atoms with Crippen molar-refractivity contribution in [2.45, 2.75) is 19.4 Å². The summed E-state index contributed by atoms with van der Waals surface area (Å²) in [5.74, 6) is 0.151. The first kappa shape index (κ1) is 20.9.